The molecule has 2 bridgehead atoms. The van der Waals surface area contributed by atoms with Crippen molar-refractivity contribution in [3.05, 3.63) is 23.7 Å². The van der Waals surface area contributed by atoms with Crippen LogP contribution in [-0.4, -0.2) is 34.9 Å². The molecule has 0 saturated carbocycles. The molecule has 110 valence electrons. The molecule has 4 rings (SSSR count). The highest BCUT2D eigenvalue weighted by molar-refractivity contribution is 6.08. The first-order valence-corrected chi connectivity index (χ1v) is 6.96. The van der Waals surface area contributed by atoms with E-state index in [-0.39, 0.29) is 24.0 Å². The Bertz CT molecular complexity index is 624. The van der Waals surface area contributed by atoms with Crippen LogP contribution in [0.3, 0.4) is 0 Å². The highest BCUT2D eigenvalue weighted by Gasteiger charge is 2.62. The van der Waals surface area contributed by atoms with Crippen LogP contribution in [0.5, 0.6) is 0 Å². The van der Waals surface area contributed by atoms with E-state index in [1.54, 1.807) is 6.92 Å². The Morgan fingerprint density at radius 3 is 2.38 bits per heavy atom. The first kappa shape index (κ1) is 12.6. The zero-order valence-electron chi connectivity index (χ0n) is 11.4. The van der Waals surface area contributed by atoms with Crippen molar-refractivity contribution in [2.45, 2.75) is 32.0 Å². The van der Waals surface area contributed by atoms with Gasteiger partial charge in [-0.25, -0.2) is 0 Å². The molecule has 0 aromatic carbocycles. The molecule has 0 aliphatic carbocycles. The van der Waals surface area contributed by atoms with Crippen LogP contribution in [0, 0.1) is 18.8 Å². The van der Waals surface area contributed by atoms with Crippen LogP contribution >= 0.6 is 0 Å². The average molecular weight is 290 g/mol. The van der Waals surface area contributed by atoms with Gasteiger partial charge >= 0.3 is 0 Å². The molecule has 3 fully saturated rings. The standard InChI is InChI=1S/C14H14N2O5/c1-6-7(4-5-20-6)12(17)15-16-13(18)10-8-2-3-9(21-8)11(10)14(16)19/h4-5,8-11H,2-3H2,1H3,(H,15,17)/t8-,9-,10+,11+/m1/s1. The van der Waals surface area contributed by atoms with E-state index in [0.29, 0.717) is 11.3 Å². The third-order valence-electron chi connectivity index (χ3n) is 4.60. The van der Waals surface area contributed by atoms with Crippen molar-refractivity contribution in [3.8, 4) is 0 Å². The van der Waals surface area contributed by atoms with Crippen molar-refractivity contribution in [1.82, 2.24) is 10.4 Å². The summed E-state index contributed by atoms with van der Waals surface area (Å²) in [6, 6.07) is 1.50. The van der Waals surface area contributed by atoms with Gasteiger partial charge in [0.2, 0.25) is 0 Å². The average Bonchev–Trinajstić information content (AvgIpc) is 3.19. The third kappa shape index (κ3) is 1.61. The monoisotopic (exact) mass is 290 g/mol. The van der Waals surface area contributed by atoms with Crippen LogP contribution in [0.4, 0.5) is 0 Å². The van der Waals surface area contributed by atoms with Crippen LogP contribution in [0.2, 0.25) is 0 Å². The number of fused-ring (bicyclic) bond motifs is 5. The summed E-state index contributed by atoms with van der Waals surface area (Å²) in [4.78, 5) is 36.9. The lowest BCUT2D eigenvalue weighted by Crippen LogP contribution is -2.47. The molecule has 1 N–H and O–H groups in total. The molecule has 0 radical (unpaired) electrons. The van der Waals surface area contributed by atoms with E-state index in [1.807, 2.05) is 0 Å². The summed E-state index contributed by atoms with van der Waals surface area (Å²) in [6.45, 7) is 1.64. The Labute approximate surface area is 120 Å². The number of amides is 3. The van der Waals surface area contributed by atoms with E-state index in [0.717, 1.165) is 17.9 Å². The van der Waals surface area contributed by atoms with Gasteiger partial charge in [0, 0.05) is 0 Å². The van der Waals surface area contributed by atoms with Gasteiger partial charge < -0.3 is 9.15 Å². The van der Waals surface area contributed by atoms with Gasteiger partial charge in [-0.05, 0) is 25.8 Å². The van der Waals surface area contributed by atoms with Crippen LogP contribution in [0.15, 0.2) is 16.7 Å². The molecule has 3 saturated heterocycles. The maximum Gasteiger partial charge on any atom is 0.273 e. The summed E-state index contributed by atoms with van der Waals surface area (Å²) in [5.41, 5.74) is 2.71. The molecule has 21 heavy (non-hydrogen) atoms. The molecule has 0 spiro atoms. The Hall–Kier alpha value is -2.15. The molecule has 0 unspecified atom stereocenters. The minimum Gasteiger partial charge on any atom is -0.469 e. The van der Waals surface area contributed by atoms with Gasteiger partial charge in [0.1, 0.15) is 5.76 Å². The highest BCUT2D eigenvalue weighted by atomic mass is 16.5. The second kappa shape index (κ2) is 4.17. The van der Waals surface area contributed by atoms with Crippen molar-refractivity contribution >= 4 is 17.7 Å². The van der Waals surface area contributed by atoms with E-state index >= 15 is 0 Å². The fourth-order valence-electron chi connectivity index (χ4n) is 3.60. The number of nitrogens with one attached hydrogen (secondary N) is 1. The van der Waals surface area contributed by atoms with Crippen molar-refractivity contribution in [2.75, 3.05) is 0 Å². The first-order valence-electron chi connectivity index (χ1n) is 6.96. The van der Waals surface area contributed by atoms with Gasteiger partial charge in [-0.3, -0.25) is 19.8 Å². The van der Waals surface area contributed by atoms with Crippen molar-refractivity contribution < 1.29 is 23.5 Å². The van der Waals surface area contributed by atoms with Crippen LogP contribution in [0.25, 0.3) is 0 Å². The fraction of sp³-hybridized carbons (Fsp3) is 0.500. The number of hydrogen-bond donors (Lipinski definition) is 1. The van der Waals surface area contributed by atoms with Gasteiger partial charge in [-0.2, -0.15) is 5.01 Å². The Morgan fingerprint density at radius 1 is 1.24 bits per heavy atom. The number of ether oxygens (including phenoxy) is 1. The molecule has 4 heterocycles. The van der Waals surface area contributed by atoms with Gasteiger partial charge in [-0.1, -0.05) is 0 Å². The smallest absolute Gasteiger partial charge is 0.273 e. The summed E-state index contributed by atoms with van der Waals surface area (Å²) in [7, 11) is 0. The van der Waals surface area contributed by atoms with Gasteiger partial charge in [0.15, 0.2) is 0 Å². The lowest BCUT2D eigenvalue weighted by molar-refractivity contribution is -0.145. The van der Waals surface area contributed by atoms with Crippen LogP contribution in [0.1, 0.15) is 29.0 Å². The molecule has 7 heteroatoms. The van der Waals surface area contributed by atoms with Crippen LogP contribution in [-0.2, 0) is 14.3 Å². The van der Waals surface area contributed by atoms with Crippen molar-refractivity contribution in [1.29, 1.82) is 0 Å². The molecule has 3 aliphatic heterocycles. The zero-order chi connectivity index (χ0) is 14.7. The predicted octanol–water partition coefficient (Wildman–Crippen LogP) is 0.395. The van der Waals surface area contributed by atoms with E-state index in [4.69, 9.17) is 9.15 Å². The molecule has 3 aliphatic rings. The number of furan rings is 1. The van der Waals surface area contributed by atoms with E-state index in [9.17, 15) is 14.4 Å². The Balaban J connectivity index is 1.57. The quantitative estimate of drug-likeness (QED) is 0.796. The highest BCUT2D eigenvalue weighted by Crippen LogP contribution is 2.48. The SMILES string of the molecule is Cc1occc1C(=O)NN1C(=O)[C@@H]2[C@@H](C1=O)[C@H]1CC[C@H]2O1. The second-order valence-corrected chi connectivity index (χ2v) is 5.69. The molecular formula is C14H14N2O5. The number of hydrazine groups is 1. The fourth-order valence-corrected chi connectivity index (χ4v) is 3.60. The summed E-state index contributed by atoms with van der Waals surface area (Å²) in [6.07, 6.45) is 2.62. The number of nitrogens with zero attached hydrogens (tertiary/aromatic N) is 1. The van der Waals surface area contributed by atoms with Crippen LogP contribution < -0.4 is 5.43 Å². The van der Waals surface area contributed by atoms with E-state index in [1.165, 1.54) is 12.3 Å². The molecular weight excluding hydrogens is 276 g/mol. The Morgan fingerprint density at radius 2 is 1.86 bits per heavy atom. The number of hydrogen-bond acceptors (Lipinski definition) is 5. The van der Waals surface area contributed by atoms with Crippen molar-refractivity contribution in [3.63, 3.8) is 0 Å². The second-order valence-electron chi connectivity index (χ2n) is 5.69. The Kier molecular flexibility index (Phi) is 2.50. The van der Waals surface area contributed by atoms with E-state index < -0.39 is 17.7 Å². The topological polar surface area (TPSA) is 88.9 Å². The lowest BCUT2D eigenvalue weighted by Gasteiger charge is -2.17. The van der Waals surface area contributed by atoms with E-state index in [2.05, 4.69) is 5.43 Å². The summed E-state index contributed by atoms with van der Waals surface area (Å²) in [5.74, 6) is -1.70. The molecule has 7 nitrogen and oxygen atoms in total. The normalized spacial score (nSPS) is 33.7. The van der Waals surface area contributed by atoms with Gasteiger partial charge in [0.25, 0.3) is 17.7 Å². The number of carbonyl (C=O) groups excluding carboxylic acids is 3. The minimum atomic E-state index is -0.517. The molecule has 3 amide bonds. The first-order chi connectivity index (χ1) is 10.1. The number of imide groups is 1. The third-order valence-corrected chi connectivity index (χ3v) is 4.60. The molecule has 4 atom stereocenters. The van der Waals surface area contributed by atoms with Gasteiger partial charge in [0.05, 0.1) is 35.9 Å². The molecule has 1 aromatic rings. The number of carbonyl (C=O) groups is 3. The summed E-state index contributed by atoms with van der Waals surface area (Å²) >= 11 is 0. The largest absolute Gasteiger partial charge is 0.469 e. The summed E-state index contributed by atoms with van der Waals surface area (Å²) < 4.78 is 10.7. The lowest BCUT2D eigenvalue weighted by atomic mass is 9.81. The zero-order valence-corrected chi connectivity index (χ0v) is 11.4. The van der Waals surface area contributed by atoms with Crippen molar-refractivity contribution in [2.24, 2.45) is 11.8 Å². The van der Waals surface area contributed by atoms with Gasteiger partial charge in [-0.15, -0.1) is 0 Å². The molecule has 1 aromatic heterocycles. The summed E-state index contributed by atoms with van der Waals surface area (Å²) in [5, 5.41) is 0.859. The number of rotatable bonds is 2. The minimum absolute atomic E-state index is 0.186. The predicted molar refractivity (Wildman–Crippen MR) is 67.6 cm³/mol. The number of aryl methyl sites for hydroxylation is 1. The maximum absolute atomic E-state index is 12.4. The maximum atomic E-state index is 12.4.